The molecule has 1 heterocycles. The molecular weight excluding hydrogens is 194 g/mol. The number of aromatic nitrogens is 1. The molecule has 1 fully saturated rings. The van der Waals surface area contributed by atoms with Crippen molar-refractivity contribution in [3.05, 3.63) is 16.6 Å². The van der Waals surface area contributed by atoms with Crippen molar-refractivity contribution in [3.63, 3.8) is 0 Å². The first-order valence-electron chi connectivity index (χ1n) is 5.20. The zero-order valence-electron chi connectivity index (χ0n) is 8.28. The predicted molar refractivity (Wildman–Crippen MR) is 59.4 cm³/mol. The standard InChI is InChI=1S/C10H17N3S/c11-8-1-2-9(5-8)12-4-3-10-6-14-7-13-10/h6-9,12H,1-5,11H2. The maximum absolute atomic E-state index is 5.84. The molecule has 0 radical (unpaired) electrons. The van der Waals surface area contributed by atoms with Gasteiger partial charge in [0.15, 0.2) is 0 Å². The van der Waals surface area contributed by atoms with Crippen molar-refractivity contribution in [1.29, 1.82) is 0 Å². The summed E-state index contributed by atoms with van der Waals surface area (Å²) in [7, 11) is 0. The first-order chi connectivity index (χ1) is 6.84. The Bertz CT molecular complexity index is 260. The highest BCUT2D eigenvalue weighted by Gasteiger charge is 2.20. The number of hydrogen-bond donors (Lipinski definition) is 2. The summed E-state index contributed by atoms with van der Waals surface area (Å²) in [6, 6.07) is 1.07. The van der Waals surface area contributed by atoms with E-state index in [1.165, 1.54) is 18.5 Å². The van der Waals surface area contributed by atoms with Gasteiger partial charge >= 0.3 is 0 Å². The first kappa shape index (κ1) is 10.1. The summed E-state index contributed by atoms with van der Waals surface area (Å²) in [5.41, 5.74) is 8.93. The highest BCUT2D eigenvalue weighted by Crippen LogP contribution is 2.16. The quantitative estimate of drug-likeness (QED) is 0.785. The fourth-order valence-corrected chi connectivity index (χ4v) is 2.56. The van der Waals surface area contributed by atoms with Crippen molar-refractivity contribution < 1.29 is 0 Å². The number of thiazole rings is 1. The minimum absolute atomic E-state index is 0.423. The summed E-state index contributed by atoms with van der Waals surface area (Å²) in [5, 5.41) is 5.65. The molecule has 0 aliphatic heterocycles. The van der Waals surface area contributed by atoms with Crippen molar-refractivity contribution in [2.45, 2.75) is 37.8 Å². The van der Waals surface area contributed by atoms with Crippen LogP contribution in [-0.4, -0.2) is 23.6 Å². The van der Waals surface area contributed by atoms with E-state index < -0.39 is 0 Å². The molecule has 1 aromatic rings. The summed E-state index contributed by atoms with van der Waals surface area (Å²) in [6.07, 6.45) is 4.58. The molecule has 2 atom stereocenters. The second-order valence-electron chi connectivity index (χ2n) is 3.95. The average Bonchev–Trinajstić information content (AvgIpc) is 2.77. The summed E-state index contributed by atoms with van der Waals surface area (Å²) in [5.74, 6) is 0. The molecule has 78 valence electrons. The Morgan fingerprint density at radius 2 is 2.50 bits per heavy atom. The van der Waals surface area contributed by atoms with Crippen LogP contribution in [0, 0.1) is 0 Å². The van der Waals surface area contributed by atoms with Crippen LogP contribution in [0.15, 0.2) is 10.9 Å². The molecule has 0 amide bonds. The minimum atomic E-state index is 0.423. The fraction of sp³-hybridized carbons (Fsp3) is 0.700. The molecule has 14 heavy (non-hydrogen) atoms. The summed E-state index contributed by atoms with van der Waals surface area (Å²) < 4.78 is 0. The molecule has 3 nitrogen and oxygen atoms in total. The number of hydrogen-bond acceptors (Lipinski definition) is 4. The van der Waals surface area contributed by atoms with E-state index in [0.717, 1.165) is 19.4 Å². The lowest BCUT2D eigenvalue weighted by Crippen LogP contribution is -2.30. The van der Waals surface area contributed by atoms with Crippen molar-refractivity contribution in [2.24, 2.45) is 5.73 Å². The van der Waals surface area contributed by atoms with Gasteiger partial charge in [0.2, 0.25) is 0 Å². The van der Waals surface area contributed by atoms with Crippen LogP contribution in [0.25, 0.3) is 0 Å². The normalized spacial score (nSPS) is 26.9. The SMILES string of the molecule is NC1CCC(NCCc2cscn2)C1. The summed E-state index contributed by atoms with van der Waals surface area (Å²) in [4.78, 5) is 4.25. The Balaban J connectivity index is 1.64. The van der Waals surface area contributed by atoms with E-state index in [9.17, 15) is 0 Å². The Labute approximate surface area is 88.7 Å². The second kappa shape index (κ2) is 4.87. The summed E-state index contributed by atoms with van der Waals surface area (Å²) >= 11 is 1.66. The molecule has 4 heteroatoms. The van der Waals surface area contributed by atoms with E-state index in [0.29, 0.717) is 12.1 Å². The van der Waals surface area contributed by atoms with E-state index in [1.54, 1.807) is 11.3 Å². The lowest BCUT2D eigenvalue weighted by Gasteiger charge is -2.10. The smallest absolute Gasteiger partial charge is 0.0794 e. The molecule has 3 N–H and O–H groups in total. The van der Waals surface area contributed by atoms with Gasteiger partial charge in [0.05, 0.1) is 11.2 Å². The molecule has 1 aromatic heterocycles. The van der Waals surface area contributed by atoms with Gasteiger partial charge < -0.3 is 11.1 Å². The molecule has 0 aromatic carbocycles. The third-order valence-corrected chi connectivity index (χ3v) is 3.41. The monoisotopic (exact) mass is 211 g/mol. The van der Waals surface area contributed by atoms with Crippen molar-refractivity contribution in [3.8, 4) is 0 Å². The Morgan fingerprint density at radius 1 is 1.57 bits per heavy atom. The van der Waals surface area contributed by atoms with Gasteiger partial charge in [0.1, 0.15) is 0 Å². The van der Waals surface area contributed by atoms with Gasteiger partial charge in [-0.3, -0.25) is 0 Å². The minimum Gasteiger partial charge on any atom is -0.328 e. The number of nitrogens with zero attached hydrogens (tertiary/aromatic N) is 1. The van der Waals surface area contributed by atoms with Gasteiger partial charge in [0.25, 0.3) is 0 Å². The average molecular weight is 211 g/mol. The van der Waals surface area contributed by atoms with Crippen LogP contribution in [0.4, 0.5) is 0 Å². The van der Waals surface area contributed by atoms with Crippen LogP contribution < -0.4 is 11.1 Å². The molecule has 1 aliphatic carbocycles. The Hall–Kier alpha value is -0.450. The largest absolute Gasteiger partial charge is 0.328 e. The number of rotatable bonds is 4. The topological polar surface area (TPSA) is 50.9 Å². The molecule has 1 saturated carbocycles. The zero-order valence-corrected chi connectivity index (χ0v) is 9.09. The third-order valence-electron chi connectivity index (χ3n) is 2.77. The number of nitrogens with one attached hydrogen (secondary N) is 1. The highest BCUT2D eigenvalue weighted by molar-refractivity contribution is 7.07. The molecule has 0 saturated heterocycles. The summed E-state index contributed by atoms with van der Waals surface area (Å²) in [6.45, 7) is 1.03. The molecule has 2 unspecified atom stereocenters. The van der Waals surface area contributed by atoms with Gasteiger partial charge in [-0.05, 0) is 19.3 Å². The maximum atomic E-state index is 5.84. The Kier molecular flexibility index (Phi) is 3.50. The van der Waals surface area contributed by atoms with Gasteiger partial charge in [-0.1, -0.05) is 0 Å². The van der Waals surface area contributed by atoms with Crippen LogP contribution in [0.5, 0.6) is 0 Å². The Morgan fingerprint density at radius 3 is 3.14 bits per heavy atom. The van der Waals surface area contributed by atoms with Crippen LogP contribution in [0.2, 0.25) is 0 Å². The lowest BCUT2D eigenvalue weighted by atomic mass is 10.2. The molecule has 1 aliphatic rings. The molecule has 2 rings (SSSR count). The van der Waals surface area contributed by atoms with Crippen molar-refractivity contribution in [2.75, 3.05) is 6.54 Å². The number of nitrogens with two attached hydrogens (primary N) is 1. The first-order valence-corrected chi connectivity index (χ1v) is 6.15. The van der Waals surface area contributed by atoms with E-state index in [4.69, 9.17) is 5.73 Å². The predicted octanol–water partition coefficient (Wildman–Crippen LogP) is 1.15. The molecule has 0 spiro atoms. The lowest BCUT2D eigenvalue weighted by molar-refractivity contribution is 0.519. The van der Waals surface area contributed by atoms with E-state index >= 15 is 0 Å². The van der Waals surface area contributed by atoms with Gasteiger partial charge in [-0.25, -0.2) is 4.98 Å². The maximum Gasteiger partial charge on any atom is 0.0794 e. The van der Waals surface area contributed by atoms with E-state index in [1.807, 2.05) is 5.51 Å². The zero-order chi connectivity index (χ0) is 9.80. The van der Waals surface area contributed by atoms with Crippen LogP contribution in [-0.2, 0) is 6.42 Å². The molecular formula is C10H17N3S. The van der Waals surface area contributed by atoms with Gasteiger partial charge in [0, 0.05) is 30.4 Å². The third kappa shape index (κ3) is 2.77. The fourth-order valence-electron chi connectivity index (χ4n) is 1.97. The van der Waals surface area contributed by atoms with Crippen LogP contribution in [0.3, 0.4) is 0 Å². The van der Waals surface area contributed by atoms with Gasteiger partial charge in [-0.15, -0.1) is 11.3 Å². The van der Waals surface area contributed by atoms with Crippen molar-refractivity contribution >= 4 is 11.3 Å². The van der Waals surface area contributed by atoms with Gasteiger partial charge in [-0.2, -0.15) is 0 Å². The van der Waals surface area contributed by atoms with E-state index in [-0.39, 0.29) is 0 Å². The van der Waals surface area contributed by atoms with E-state index in [2.05, 4.69) is 15.7 Å². The van der Waals surface area contributed by atoms with Crippen LogP contribution >= 0.6 is 11.3 Å². The molecule has 0 bridgehead atoms. The van der Waals surface area contributed by atoms with Crippen LogP contribution in [0.1, 0.15) is 25.0 Å². The second-order valence-corrected chi connectivity index (χ2v) is 4.67. The van der Waals surface area contributed by atoms with Crippen molar-refractivity contribution in [1.82, 2.24) is 10.3 Å². The highest BCUT2D eigenvalue weighted by atomic mass is 32.1.